The fourth-order valence-electron chi connectivity index (χ4n) is 5.34. The van der Waals surface area contributed by atoms with Crippen LogP contribution in [0.5, 0.6) is 0 Å². The summed E-state index contributed by atoms with van der Waals surface area (Å²) in [5, 5.41) is 5.52. The molecule has 4 aliphatic rings. The van der Waals surface area contributed by atoms with Crippen molar-refractivity contribution in [3.05, 3.63) is 12.2 Å². The third kappa shape index (κ3) is 6.92. The molecule has 0 bridgehead atoms. The molecule has 218 valence electrons. The molecule has 1 aliphatic carbocycles. The largest absolute Gasteiger partial charge is 0.444 e. The van der Waals surface area contributed by atoms with Gasteiger partial charge in [0.2, 0.25) is 11.8 Å². The van der Waals surface area contributed by atoms with Crippen LogP contribution in [0, 0.1) is 5.92 Å². The second kappa shape index (κ2) is 11.4. The Morgan fingerprint density at radius 2 is 1.79 bits per heavy atom. The maximum Gasteiger partial charge on any atom is 0.408 e. The van der Waals surface area contributed by atoms with Gasteiger partial charge in [-0.3, -0.25) is 14.4 Å². The van der Waals surface area contributed by atoms with Crippen molar-refractivity contribution in [2.75, 3.05) is 19.6 Å². The summed E-state index contributed by atoms with van der Waals surface area (Å²) in [6.07, 6.45) is 8.67. The lowest BCUT2D eigenvalue weighted by atomic mass is 10.0. The number of ether oxygens (including phenoxy) is 1. The molecule has 39 heavy (non-hydrogen) atoms. The molecule has 0 aromatic heterocycles. The molecule has 3 heterocycles. The zero-order chi connectivity index (χ0) is 28.4. The minimum atomic E-state index is -3.98. The van der Waals surface area contributed by atoms with E-state index in [4.69, 9.17) is 4.74 Å². The van der Waals surface area contributed by atoms with E-state index in [0.717, 1.165) is 25.7 Å². The fourth-order valence-corrected chi connectivity index (χ4v) is 6.63. The molecule has 3 aliphatic heterocycles. The minimum Gasteiger partial charge on any atom is -0.444 e. The van der Waals surface area contributed by atoms with Crippen molar-refractivity contribution in [2.45, 2.75) is 102 Å². The minimum absolute atomic E-state index is 0.278. The lowest BCUT2D eigenvalue weighted by Crippen LogP contribution is -2.59. The summed E-state index contributed by atoms with van der Waals surface area (Å²) >= 11 is 0. The van der Waals surface area contributed by atoms with Crippen LogP contribution >= 0.6 is 0 Å². The zero-order valence-electron chi connectivity index (χ0n) is 23.0. The van der Waals surface area contributed by atoms with Gasteiger partial charge < -0.3 is 20.3 Å². The van der Waals surface area contributed by atoms with Gasteiger partial charge in [-0.15, -0.1) is 0 Å². The standard InChI is InChI=1S/C26H41N5O7S/c1-25(2,3)38-24(35)27-19-12-8-6-4-5-7-11-18-17-26(18,23(34)29-39(36,37)30-14-10-15-30)28-21(32)20-13-9-16-31(20)22(19)33/h7,11,18-20H,4-6,8-10,12-17H2,1-3H3,(H,27,35)(H,28,32)(H,29,34)/b11-7-/t18-,19+,20+,26-/m1/s1. The Bertz CT molecular complexity index is 1110. The van der Waals surface area contributed by atoms with Gasteiger partial charge in [-0.05, 0) is 65.7 Å². The summed E-state index contributed by atoms with van der Waals surface area (Å²) in [6, 6.07) is -1.67. The molecule has 4 amide bonds. The summed E-state index contributed by atoms with van der Waals surface area (Å²) in [7, 11) is -3.98. The van der Waals surface area contributed by atoms with Crippen molar-refractivity contribution >= 4 is 34.0 Å². The van der Waals surface area contributed by atoms with Gasteiger partial charge in [-0.1, -0.05) is 25.0 Å². The highest BCUT2D eigenvalue weighted by Gasteiger charge is 2.61. The first-order valence-corrected chi connectivity index (χ1v) is 15.4. The van der Waals surface area contributed by atoms with E-state index in [1.807, 2.05) is 12.2 Å². The van der Waals surface area contributed by atoms with Crippen LogP contribution in [0.2, 0.25) is 0 Å². The van der Waals surface area contributed by atoms with Crippen molar-refractivity contribution in [2.24, 2.45) is 5.92 Å². The summed E-state index contributed by atoms with van der Waals surface area (Å²) in [4.78, 5) is 54.4. The van der Waals surface area contributed by atoms with E-state index in [9.17, 15) is 27.6 Å². The Hall–Kier alpha value is -2.67. The van der Waals surface area contributed by atoms with E-state index < -0.39 is 51.3 Å². The summed E-state index contributed by atoms with van der Waals surface area (Å²) < 4.78 is 33.9. The van der Waals surface area contributed by atoms with Crippen LogP contribution in [-0.2, 0) is 29.3 Å². The van der Waals surface area contributed by atoms with E-state index in [1.54, 1.807) is 20.8 Å². The Balaban J connectivity index is 1.53. The number of amides is 4. The Kier molecular flexibility index (Phi) is 8.60. The number of hydrogen-bond donors (Lipinski definition) is 3. The number of alkyl carbamates (subject to hydrolysis) is 1. The van der Waals surface area contributed by atoms with Crippen molar-refractivity contribution in [3.8, 4) is 0 Å². The van der Waals surface area contributed by atoms with Crippen LogP contribution in [0.3, 0.4) is 0 Å². The van der Waals surface area contributed by atoms with Crippen LogP contribution in [0.15, 0.2) is 12.2 Å². The van der Waals surface area contributed by atoms with Gasteiger partial charge in [0.05, 0.1) is 0 Å². The zero-order valence-corrected chi connectivity index (χ0v) is 23.8. The topological polar surface area (TPSA) is 154 Å². The van der Waals surface area contributed by atoms with Crippen molar-refractivity contribution in [1.82, 2.24) is 24.6 Å². The fraction of sp³-hybridized carbons (Fsp3) is 0.769. The smallest absolute Gasteiger partial charge is 0.408 e. The lowest BCUT2D eigenvalue weighted by Gasteiger charge is -2.32. The molecule has 4 atom stereocenters. The van der Waals surface area contributed by atoms with Crippen LogP contribution in [0.25, 0.3) is 0 Å². The molecular weight excluding hydrogens is 526 g/mol. The maximum atomic E-state index is 13.6. The molecular formula is C26H41N5O7S. The molecule has 13 heteroatoms. The van der Waals surface area contributed by atoms with Gasteiger partial charge in [-0.2, -0.15) is 12.7 Å². The van der Waals surface area contributed by atoms with Crippen LogP contribution < -0.4 is 15.4 Å². The lowest BCUT2D eigenvalue weighted by molar-refractivity contribution is -0.141. The van der Waals surface area contributed by atoms with Crippen LogP contribution in [0.1, 0.15) is 78.6 Å². The highest BCUT2D eigenvalue weighted by atomic mass is 32.2. The van der Waals surface area contributed by atoms with E-state index in [2.05, 4.69) is 15.4 Å². The van der Waals surface area contributed by atoms with E-state index in [1.165, 1.54) is 9.21 Å². The van der Waals surface area contributed by atoms with Gasteiger partial charge >= 0.3 is 16.3 Å². The third-order valence-electron chi connectivity index (χ3n) is 7.70. The Morgan fingerprint density at radius 3 is 2.46 bits per heavy atom. The SMILES string of the molecule is CC(C)(C)OC(=O)N[C@H]1CCCCC/C=C\[C@@H]2C[C@@]2(C(=O)NS(=O)(=O)N2CCC2)NC(=O)[C@@H]2CCCN2C1=O. The predicted molar refractivity (Wildman–Crippen MR) is 142 cm³/mol. The monoisotopic (exact) mass is 567 g/mol. The number of carbonyl (C=O) groups excluding carboxylic acids is 4. The van der Waals surface area contributed by atoms with Gasteiger partial charge in [0, 0.05) is 25.6 Å². The molecule has 2 saturated heterocycles. The molecule has 4 rings (SSSR count). The normalized spacial score (nSPS) is 31.4. The second-order valence-corrected chi connectivity index (χ2v) is 13.6. The molecule has 0 aromatic rings. The van der Waals surface area contributed by atoms with Crippen molar-refractivity contribution in [1.29, 1.82) is 0 Å². The van der Waals surface area contributed by atoms with Gasteiger partial charge in [-0.25, -0.2) is 9.52 Å². The van der Waals surface area contributed by atoms with Gasteiger partial charge in [0.1, 0.15) is 23.2 Å². The van der Waals surface area contributed by atoms with Crippen LogP contribution in [-0.4, -0.2) is 84.3 Å². The number of nitrogens with zero attached hydrogens (tertiary/aromatic N) is 2. The molecule has 3 fully saturated rings. The van der Waals surface area contributed by atoms with E-state index >= 15 is 0 Å². The quantitative estimate of drug-likeness (QED) is 0.433. The van der Waals surface area contributed by atoms with Crippen molar-refractivity contribution in [3.63, 3.8) is 0 Å². The molecule has 0 radical (unpaired) electrons. The number of carbonyl (C=O) groups is 4. The highest BCUT2D eigenvalue weighted by Crippen LogP contribution is 2.45. The number of nitrogens with one attached hydrogen (secondary N) is 3. The molecule has 0 spiro atoms. The summed E-state index contributed by atoms with van der Waals surface area (Å²) in [6.45, 7) is 6.27. The third-order valence-corrected chi connectivity index (χ3v) is 9.19. The van der Waals surface area contributed by atoms with Gasteiger partial charge in [0.25, 0.3) is 5.91 Å². The molecule has 3 N–H and O–H groups in total. The van der Waals surface area contributed by atoms with E-state index in [-0.39, 0.29) is 18.2 Å². The van der Waals surface area contributed by atoms with Crippen LogP contribution in [0.4, 0.5) is 4.79 Å². The maximum absolute atomic E-state index is 13.6. The predicted octanol–water partition coefficient (Wildman–Crippen LogP) is 1.33. The summed E-state index contributed by atoms with van der Waals surface area (Å²) in [5.41, 5.74) is -2.12. The number of fused-ring (bicyclic) bond motifs is 2. The molecule has 0 unspecified atom stereocenters. The van der Waals surface area contributed by atoms with E-state index in [0.29, 0.717) is 45.3 Å². The first kappa shape index (κ1) is 29.3. The second-order valence-electron chi connectivity index (χ2n) is 11.9. The number of hydrogen-bond acceptors (Lipinski definition) is 7. The average molecular weight is 568 g/mol. The molecule has 12 nitrogen and oxygen atoms in total. The Labute approximate surface area is 230 Å². The Morgan fingerprint density at radius 1 is 1.05 bits per heavy atom. The number of rotatable bonds is 4. The van der Waals surface area contributed by atoms with Crippen molar-refractivity contribution < 1.29 is 32.3 Å². The molecule has 0 aromatic carbocycles. The first-order chi connectivity index (χ1) is 18.3. The number of allylic oxidation sites excluding steroid dienone is 1. The highest BCUT2D eigenvalue weighted by molar-refractivity contribution is 7.87. The average Bonchev–Trinajstić information content (AvgIpc) is 3.24. The molecule has 1 saturated carbocycles. The van der Waals surface area contributed by atoms with Gasteiger partial charge in [0.15, 0.2) is 0 Å². The summed E-state index contributed by atoms with van der Waals surface area (Å²) in [5.74, 6) is -1.97. The first-order valence-electron chi connectivity index (χ1n) is 13.9.